The van der Waals surface area contributed by atoms with Crippen LogP contribution in [0.1, 0.15) is 11.3 Å². The molecule has 0 aliphatic carbocycles. The Hall–Kier alpha value is -2.30. The van der Waals surface area contributed by atoms with Gasteiger partial charge >= 0.3 is 12.4 Å². The molecule has 0 atom stereocenters. The fourth-order valence-electron chi connectivity index (χ4n) is 1.73. The van der Waals surface area contributed by atoms with Gasteiger partial charge in [-0.25, -0.2) is 15.0 Å². The van der Waals surface area contributed by atoms with Crippen molar-refractivity contribution in [3.63, 3.8) is 0 Å². The third kappa shape index (κ3) is 5.34. The lowest BCUT2D eigenvalue weighted by atomic mass is 10.3. The molecule has 2 rings (SSSR count). The SMILES string of the molecule is FC(F)(F)c1c[nH+]c(NCCNc2nccc(C(F)(F)F)n2)c(Cl)c1. The molecule has 25 heavy (non-hydrogen) atoms. The smallest absolute Gasteiger partial charge is 0.350 e. The van der Waals surface area contributed by atoms with Gasteiger partial charge in [0.1, 0.15) is 23.5 Å². The Labute approximate surface area is 142 Å². The fraction of sp³-hybridized carbons (Fsp3) is 0.308. The highest BCUT2D eigenvalue weighted by Gasteiger charge is 2.33. The van der Waals surface area contributed by atoms with E-state index in [9.17, 15) is 26.3 Å². The number of nitrogens with zero attached hydrogens (tertiary/aromatic N) is 2. The summed E-state index contributed by atoms with van der Waals surface area (Å²) in [7, 11) is 0. The van der Waals surface area contributed by atoms with Crippen LogP contribution in [0.4, 0.5) is 38.1 Å². The van der Waals surface area contributed by atoms with Gasteiger partial charge in [0, 0.05) is 6.20 Å². The lowest BCUT2D eigenvalue weighted by Crippen LogP contribution is -2.22. The molecule has 3 N–H and O–H groups in total. The van der Waals surface area contributed by atoms with Crippen LogP contribution < -0.4 is 15.6 Å². The van der Waals surface area contributed by atoms with Gasteiger partial charge in [0.15, 0.2) is 0 Å². The third-order valence-electron chi connectivity index (χ3n) is 2.88. The first-order chi connectivity index (χ1) is 11.6. The van der Waals surface area contributed by atoms with Crippen LogP contribution in [-0.4, -0.2) is 23.1 Å². The van der Waals surface area contributed by atoms with E-state index in [0.717, 1.165) is 24.5 Å². The van der Waals surface area contributed by atoms with E-state index in [4.69, 9.17) is 11.6 Å². The van der Waals surface area contributed by atoms with Gasteiger partial charge in [0.2, 0.25) is 5.95 Å². The summed E-state index contributed by atoms with van der Waals surface area (Å²) in [6, 6.07) is 1.49. The Morgan fingerprint density at radius 3 is 2.32 bits per heavy atom. The highest BCUT2D eigenvalue weighted by Crippen LogP contribution is 2.31. The predicted molar refractivity (Wildman–Crippen MR) is 77.0 cm³/mol. The van der Waals surface area contributed by atoms with Crippen molar-refractivity contribution in [3.8, 4) is 0 Å². The minimum Gasteiger partial charge on any atom is -0.350 e. The second-order valence-electron chi connectivity index (χ2n) is 4.73. The molecule has 2 aromatic rings. The van der Waals surface area contributed by atoms with E-state index in [-0.39, 0.29) is 29.9 Å². The molecule has 2 aromatic heterocycles. The number of aromatic amines is 1. The zero-order chi connectivity index (χ0) is 18.7. The van der Waals surface area contributed by atoms with Crippen molar-refractivity contribution < 1.29 is 31.3 Å². The summed E-state index contributed by atoms with van der Waals surface area (Å²) >= 11 is 5.74. The number of pyridine rings is 1. The summed E-state index contributed by atoms with van der Waals surface area (Å²) in [5.74, 6) is -0.0828. The first kappa shape index (κ1) is 19.0. The molecule has 0 aromatic carbocycles. The average molecular weight is 387 g/mol. The molecule has 0 aliphatic rings. The van der Waals surface area contributed by atoms with Gasteiger partial charge in [0.25, 0.3) is 5.82 Å². The molecular formula is C13H11ClF6N5+. The average Bonchev–Trinajstić information content (AvgIpc) is 2.51. The zero-order valence-corrected chi connectivity index (χ0v) is 13.0. The van der Waals surface area contributed by atoms with Crippen LogP contribution in [0.5, 0.6) is 0 Å². The molecule has 0 saturated heterocycles. The number of aromatic nitrogens is 3. The van der Waals surface area contributed by atoms with E-state index in [0.29, 0.717) is 0 Å². The van der Waals surface area contributed by atoms with Crippen molar-refractivity contribution in [2.24, 2.45) is 0 Å². The number of alkyl halides is 6. The largest absolute Gasteiger partial charge is 0.433 e. The standard InChI is InChI=1S/C13H10ClF6N5/c14-8-5-7(12(15,16)17)6-24-10(8)21-3-4-23-11-22-2-1-9(25-11)13(18,19)20/h1-2,5-6H,3-4H2,(H,21,24)(H,22,23,25)/p+1. The summed E-state index contributed by atoms with van der Waals surface area (Å²) in [6.07, 6.45) is -7.40. The quantitative estimate of drug-likeness (QED) is 0.610. The molecule has 2 heterocycles. The first-order valence-electron chi connectivity index (χ1n) is 6.74. The lowest BCUT2D eigenvalue weighted by Gasteiger charge is -2.08. The number of hydrogen-bond donors (Lipinski definition) is 2. The van der Waals surface area contributed by atoms with Gasteiger partial charge in [-0.05, 0) is 12.1 Å². The summed E-state index contributed by atoms with van der Waals surface area (Å²) in [5, 5.41) is 5.10. The Morgan fingerprint density at radius 1 is 1.04 bits per heavy atom. The molecule has 0 amide bonds. The number of halogens is 7. The van der Waals surface area contributed by atoms with Crippen LogP contribution in [0.25, 0.3) is 0 Å². The monoisotopic (exact) mass is 386 g/mol. The first-order valence-corrected chi connectivity index (χ1v) is 7.11. The van der Waals surface area contributed by atoms with E-state index in [2.05, 4.69) is 25.6 Å². The van der Waals surface area contributed by atoms with Crippen molar-refractivity contribution in [3.05, 3.63) is 40.8 Å². The number of anilines is 2. The van der Waals surface area contributed by atoms with Crippen LogP contribution in [0.15, 0.2) is 24.5 Å². The van der Waals surface area contributed by atoms with E-state index in [1.165, 1.54) is 0 Å². The van der Waals surface area contributed by atoms with Crippen LogP contribution >= 0.6 is 11.6 Å². The number of hydrogen-bond acceptors (Lipinski definition) is 4. The minimum absolute atomic E-state index is 0.104. The number of nitrogens with one attached hydrogen (secondary N) is 3. The van der Waals surface area contributed by atoms with E-state index in [1.807, 2.05) is 0 Å². The Morgan fingerprint density at radius 2 is 1.72 bits per heavy atom. The molecule has 12 heteroatoms. The molecule has 5 nitrogen and oxygen atoms in total. The zero-order valence-electron chi connectivity index (χ0n) is 12.3. The van der Waals surface area contributed by atoms with Crippen molar-refractivity contribution in [2.75, 3.05) is 23.7 Å². The van der Waals surface area contributed by atoms with E-state index < -0.39 is 23.6 Å². The molecule has 0 unspecified atom stereocenters. The fourth-order valence-corrected chi connectivity index (χ4v) is 1.97. The normalized spacial score (nSPS) is 12.1. The van der Waals surface area contributed by atoms with Gasteiger partial charge in [-0.1, -0.05) is 11.6 Å². The molecule has 136 valence electrons. The maximum absolute atomic E-state index is 12.5. The Bertz CT molecular complexity index is 734. The second kappa shape index (κ2) is 7.30. The molecular weight excluding hydrogens is 376 g/mol. The van der Waals surface area contributed by atoms with Gasteiger partial charge in [0.05, 0.1) is 12.1 Å². The second-order valence-corrected chi connectivity index (χ2v) is 5.13. The number of rotatable bonds is 5. The molecule has 0 radical (unpaired) electrons. The van der Waals surface area contributed by atoms with E-state index in [1.54, 1.807) is 0 Å². The van der Waals surface area contributed by atoms with Crippen LogP contribution in [0.2, 0.25) is 5.02 Å². The summed E-state index contributed by atoms with van der Waals surface area (Å²) < 4.78 is 75.0. The Balaban J connectivity index is 1.90. The van der Waals surface area contributed by atoms with Crippen LogP contribution in [0, 0.1) is 0 Å². The molecule has 0 fully saturated rings. The maximum atomic E-state index is 12.5. The molecule has 0 aliphatic heterocycles. The van der Waals surface area contributed by atoms with Crippen molar-refractivity contribution in [1.82, 2.24) is 9.97 Å². The van der Waals surface area contributed by atoms with Crippen molar-refractivity contribution >= 4 is 23.4 Å². The van der Waals surface area contributed by atoms with E-state index >= 15 is 0 Å². The van der Waals surface area contributed by atoms with Gasteiger partial charge in [-0.3, -0.25) is 5.32 Å². The van der Waals surface area contributed by atoms with Crippen molar-refractivity contribution in [2.45, 2.75) is 12.4 Å². The summed E-state index contributed by atoms with van der Waals surface area (Å²) in [4.78, 5) is 9.32. The maximum Gasteiger partial charge on any atom is 0.433 e. The topological polar surface area (TPSA) is 64.0 Å². The summed E-state index contributed by atoms with van der Waals surface area (Å²) in [6.45, 7) is 0.244. The lowest BCUT2D eigenvalue weighted by molar-refractivity contribution is -0.364. The molecule has 0 bridgehead atoms. The number of H-pyrrole nitrogens is 1. The highest BCUT2D eigenvalue weighted by atomic mass is 35.5. The van der Waals surface area contributed by atoms with Crippen LogP contribution in [0.3, 0.4) is 0 Å². The van der Waals surface area contributed by atoms with Gasteiger partial charge in [-0.15, -0.1) is 0 Å². The minimum atomic E-state index is -4.58. The van der Waals surface area contributed by atoms with Crippen molar-refractivity contribution in [1.29, 1.82) is 0 Å². The highest BCUT2D eigenvalue weighted by molar-refractivity contribution is 6.32. The molecule has 0 spiro atoms. The summed E-state index contributed by atoms with van der Waals surface area (Å²) in [5.41, 5.74) is -2.02. The molecule has 0 saturated carbocycles. The van der Waals surface area contributed by atoms with Gasteiger partial charge < -0.3 is 5.32 Å². The van der Waals surface area contributed by atoms with Crippen LogP contribution in [-0.2, 0) is 12.4 Å². The third-order valence-corrected chi connectivity index (χ3v) is 3.17. The Kier molecular flexibility index (Phi) is 5.55. The predicted octanol–water partition coefficient (Wildman–Crippen LogP) is 3.51. The van der Waals surface area contributed by atoms with Gasteiger partial charge in [-0.2, -0.15) is 26.3 Å².